The van der Waals surface area contributed by atoms with Crippen molar-refractivity contribution in [3.8, 4) is 23.0 Å². The molecular formula is C24H27NO5. The van der Waals surface area contributed by atoms with Gasteiger partial charge in [0.25, 0.3) is 0 Å². The lowest BCUT2D eigenvalue weighted by Crippen LogP contribution is -2.21. The molecule has 0 spiro atoms. The van der Waals surface area contributed by atoms with E-state index in [-0.39, 0.29) is 11.5 Å². The molecule has 2 aliphatic rings. The molecule has 2 heterocycles. The fourth-order valence-corrected chi connectivity index (χ4v) is 3.84. The molecule has 1 saturated heterocycles. The van der Waals surface area contributed by atoms with Gasteiger partial charge in [-0.1, -0.05) is 6.07 Å². The second-order valence-electron chi connectivity index (χ2n) is 7.46. The summed E-state index contributed by atoms with van der Waals surface area (Å²) < 4.78 is 22.3. The van der Waals surface area contributed by atoms with Crippen LogP contribution in [0.3, 0.4) is 0 Å². The van der Waals surface area contributed by atoms with E-state index in [4.69, 9.17) is 18.9 Å². The van der Waals surface area contributed by atoms with E-state index < -0.39 is 0 Å². The van der Waals surface area contributed by atoms with Gasteiger partial charge < -0.3 is 23.8 Å². The van der Waals surface area contributed by atoms with Crippen molar-refractivity contribution in [3.05, 3.63) is 53.3 Å². The molecule has 0 radical (unpaired) electrons. The molecule has 6 heteroatoms. The largest absolute Gasteiger partial charge is 0.493 e. The molecule has 0 atom stereocenters. The third kappa shape index (κ3) is 4.44. The van der Waals surface area contributed by atoms with Crippen LogP contribution in [-0.4, -0.2) is 51.1 Å². The summed E-state index contributed by atoms with van der Waals surface area (Å²) in [6.07, 6.45) is 5.30. The summed E-state index contributed by atoms with van der Waals surface area (Å²) in [6.45, 7) is 4.11. The first-order chi connectivity index (χ1) is 14.7. The van der Waals surface area contributed by atoms with E-state index in [9.17, 15) is 4.79 Å². The summed E-state index contributed by atoms with van der Waals surface area (Å²) in [5, 5.41) is 0. The zero-order valence-corrected chi connectivity index (χ0v) is 17.5. The molecule has 0 N–H and O–H groups in total. The van der Waals surface area contributed by atoms with Crippen molar-refractivity contribution in [2.24, 2.45) is 0 Å². The maximum Gasteiger partial charge on any atom is 0.231 e. The van der Waals surface area contributed by atoms with E-state index in [2.05, 4.69) is 4.90 Å². The summed E-state index contributed by atoms with van der Waals surface area (Å²) in [7, 11) is 3.16. The number of hydrogen-bond acceptors (Lipinski definition) is 6. The van der Waals surface area contributed by atoms with Crippen LogP contribution in [0.25, 0.3) is 6.08 Å². The zero-order valence-electron chi connectivity index (χ0n) is 17.5. The molecule has 1 fully saturated rings. The highest BCUT2D eigenvalue weighted by atomic mass is 16.5. The molecule has 2 aromatic carbocycles. The molecule has 0 unspecified atom stereocenters. The fourth-order valence-electron chi connectivity index (χ4n) is 3.84. The maximum absolute atomic E-state index is 12.7. The smallest absolute Gasteiger partial charge is 0.231 e. The lowest BCUT2D eigenvalue weighted by molar-refractivity contribution is 0.101. The number of Topliss-reactive ketones (excluding diaryl/α,β-unsaturated/α-hetero) is 1. The van der Waals surface area contributed by atoms with Gasteiger partial charge in [-0.3, -0.25) is 4.79 Å². The van der Waals surface area contributed by atoms with E-state index in [0.29, 0.717) is 29.4 Å². The monoisotopic (exact) mass is 409 g/mol. The third-order valence-electron chi connectivity index (χ3n) is 5.43. The Hall–Kier alpha value is -2.99. The van der Waals surface area contributed by atoms with Crippen molar-refractivity contribution >= 4 is 11.9 Å². The van der Waals surface area contributed by atoms with Gasteiger partial charge in [0.05, 0.1) is 26.4 Å². The SMILES string of the molecule is COc1ccc(/C=C2/Oc3cc(OCCCN4CCCC4)ccc3C2=O)cc1OC. The topological polar surface area (TPSA) is 57.2 Å². The molecule has 0 saturated carbocycles. The molecular weight excluding hydrogens is 382 g/mol. The predicted octanol–water partition coefficient (Wildman–Crippen LogP) is 4.18. The summed E-state index contributed by atoms with van der Waals surface area (Å²) in [4.78, 5) is 15.2. The number of hydrogen-bond donors (Lipinski definition) is 0. The maximum atomic E-state index is 12.7. The van der Waals surface area contributed by atoms with Gasteiger partial charge in [0.2, 0.25) is 5.78 Å². The highest BCUT2D eigenvalue weighted by Gasteiger charge is 2.27. The van der Waals surface area contributed by atoms with Gasteiger partial charge in [-0.15, -0.1) is 0 Å². The standard InChI is InChI=1S/C24H27NO5/c1-27-20-9-6-17(14-22(20)28-2)15-23-24(26)19-8-7-18(16-21(19)30-23)29-13-5-12-25-10-3-4-11-25/h6-9,14-16H,3-5,10-13H2,1-2H3/b23-15+. The van der Waals surface area contributed by atoms with Crippen LogP contribution >= 0.6 is 0 Å². The number of ether oxygens (including phenoxy) is 4. The van der Waals surface area contributed by atoms with Crippen LogP contribution < -0.4 is 18.9 Å². The Morgan fingerprint density at radius 1 is 1.03 bits per heavy atom. The van der Waals surface area contributed by atoms with Crippen molar-refractivity contribution in [2.45, 2.75) is 19.3 Å². The van der Waals surface area contributed by atoms with Crippen LogP contribution in [0.15, 0.2) is 42.2 Å². The second-order valence-corrected chi connectivity index (χ2v) is 7.46. The number of rotatable bonds is 8. The molecule has 0 aliphatic carbocycles. The minimum atomic E-state index is -0.139. The average molecular weight is 409 g/mol. The van der Waals surface area contributed by atoms with E-state index in [0.717, 1.165) is 24.3 Å². The van der Waals surface area contributed by atoms with Crippen molar-refractivity contribution in [3.63, 3.8) is 0 Å². The van der Waals surface area contributed by atoms with Gasteiger partial charge in [-0.05, 0) is 68.3 Å². The number of methoxy groups -OCH3 is 2. The molecule has 30 heavy (non-hydrogen) atoms. The number of benzene rings is 2. The molecule has 0 amide bonds. The summed E-state index contributed by atoms with van der Waals surface area (Å²) in [6, 6.07) is 10.8. The minimum absolute atomic E-state index is 0.139. The number of likely N-dealkylation sites (tertiary alicyclic amines) is 1. The summed E-state index contributed by atoms with van der Waals surface area (Å²) in [5.74, 6) is 2.62. The van der Waals surface area contributed by atoms with Crippen molar-refractivity contribution in [2.75, 3.05) is 40.5 Å². The Morgan fingerprint density at radius 3 is 2.60 bits per heavy atom. The van der Waals surface area contributed by atoms with Crippen LogP contribution in [0.1, 0.15) is 35.2 Å². The van der Waals surface area contributed by atoms with Crippen LogP contribution in [0.2, 0.25) is 0 Å². The van der Waals surface area contributed by atoms with E-state index in [1.54, 1.807) is 44.6 Å². The third-order valence-corrected chi connectivity index (χ3v) is 5.43. The van der Waals surface area contributed by atoms with Gasteiger partial charge in [-0.25, -0.2) is 0 Å². The molecule has 158 valence electrons. The van der Waals surface area contributed by atoms with E-state index in [1.807, 2.05) is 12.1 Å². The fraction of sp³-hybridized carbons (Fsp3) is 0.375. The number of ketones is 1. The minimum Gasteiger partial charge on any atom is -0.493 e. The zero-order chi connectivity index (χ0) is 20.9. The first kappa shape index (κ1) is 20.3. The average Bonchev–Trinajstić information content (AvgIpc) is 3.39. The normalized spacial score (nSPS) is 17.1. The van der Waals surface area contributed by atoms with Gasteiger partial charge in [0.1, 0.15) is 11.5 Å². The van der Waals surface area contributed by atoms with Crippen molar-refractivity contribution in [1.82, 2.24) is 4.90 Å². The van der Waals surface area contributed by atoms with Gasteiger partial charge in [0, 0.05) is 12.6 Å². The predicted molar refractivity (Wildman–Crippen MR) is 115 cm³/mol. The summed E-state index contributed by atoms with van der Waals surface area (Å²) >= 11 is 0. The Kier molecular flexibility index (Phi) is 6.23. The lowest BCUT2D eigenvalue weighted by Gasteiger charge is -2.14. The first-order valence-electron chi connectivity index (χ1n) is 10.3. The Bertz CT molecular complexity index is 947. The van der Waals surface area contributed by atoms with Crippen molar-refractivity contribution < 1.29 is 23.7 Å². The molecule has 2 aromatic rings. The number of allylic oxidation sites excluding steroid dienone is 1. The summed E-state index contributed by atoms with van der Waals surface area (Å²) in [5.41, 5.74) is 1.34. The Balaban J connectivity index is 1.40. The van der Waals surface area contributed by atoms with Crippen LogP contribution in [0.5, 0.6) is 23.0 Å². The van der Waals surface area contributed by atoms with Gasteiger partial charge in [0.15, 0.2) is 17.3 Å². The highest BCUT2D eigenvalue weighted by Crippen LogP contribution is 2.36. The van der Waals surface area contributed by atoms with Gasteiger partial charge in [-0.2, -0.15) is 0 Å². The lowest BCUT2D eigenvalue weighted by atomic mass is 10.1. The number of carbonyl (C=O) groups is 1. The van der Waals surface area contributed by atoms with Crippen LogP contribution in [0.4, 0.5) is 0 Å². The quantitative estimate of drug-likeness (QED) is 0.481. The molecule has 2 aliphatic heterocycles. The molecule has 4 rings (SSSR count). The van der Waals surface area contributed by atoms with E-state index in [1.165, 1.54) is 25.9 Å². The van der Waals surface area contributed by atoms with Gasteiger partial charge >= 0.3 is 0 Å². The number of nitrogens with zero attached hydrogens (tertiary/aromatic N) is 1. The Morgan fingerprint density at radius 2 is 1.83 bits per heavy atom. The van der Waals surface area contributed by atoms with E-state index >= 15 is 0 Å². The first-order valence-corrected chi connectivity index (χ1v) is 10.3. The van der Waals surface area contributed by atoms with Crippen molar-refractivity contribution in [1.29, 1.82) is 0 Å². The Labute approximate surface area is 177 Å². The molecule has 6 nitrogen and oxygen atoms in total. The molecule has 0 bridgehead atoms. The highest BCUT2D eigenvalue weighted by molar-refractivity contribution is 6.14. The van der Waals surface area contributed by atoms with Crippen LogP contribution in [0, 0.1) is 0 Å². The number of fused-ring (bicyclic) bond motifs is 1. The number of carbonyl (C=O) groups excluding carboxylic acids is 1. The molecule has 0 aromatic heterocycles. The second kappa shape index (κ2) is 9.22. The van der Waals surface area contributed by atoms with Crippen LogP contribution in [-0.2, 0) is 0 Å².